The summed E-state index contributed by atoms with van der Waals surface area (Å²) in [5.41, 5.74) is 1.96. The number of para-hydroxylation sites is 1. The van der Waals surface area contributed by atoms with Gasteiger partial charge in [0.15, 0.2) is 5.13 Å². The molecule has 7 heteroatoms. The molecule has 0 radical (unpaired) electrons. The molecule has 0 saturated heterocycles. The zero-order valence-corrected chi connectivity index (χ0v) is 18.6. The normalized spacial score (nSPS) is 11.0. The van der Waals surface area contributed by atoms with Crippen LogP contribution < -0.4 is 4.90 Å². The predicted octanol–water partition coefficient (Wildman–Crippen LogP) is 6.45. The van der Waals surface area contributed by atoms with E-state index >= 15 is 0 Å². The lowest BCUT2D eigenvalue weighted by Crippen LogP contribution is -2.30. The molecule has 0 bridgehead atoms. The topological polar surface area (TPSA) is 46.1 Å². The van der Waals surface area contributed by atoms with Crippen molar-refractivity contribution >= 4 is 56.0 Å². The van der Waals surface area contributed by atoms with Crippen molar-refractivity contribution < 1.29 is 4.79 Å². The fraction of sp³-hybridized carbons (Fsp3) is 0.174. The number of nitrogens with zero attached hydrogens (tertiary/aromatic N) is 3. The third kappa shape index (κ3) is 5.39. The Kier molecular flexibility index (Phi) is 7.00. The number of hydrogen-bond donors (Lipinski definition) is 0. The van der Waals surface area contributed by atoms with Gasteiger partial charge in [0.25, 0.3) is 0 Å². The van der Waals surface area contributed by atoms with E-state index in [9.17, 15) is 4.79 Å². The molecule has 4 nitrogen and oxygen atoms in total. The maximum absolute atomic E-state index is 13.1. The van der Waals surface area contributed by atoms with E-state index in [0.29, 0.717) is 13.0 Å². The first-order chi connectivity index (χ1) is 14.7. The lowest BCUT2D eigenvalue weighted by molar-refractivity contribution is -0.118. The highest BCUT2D eigenvalue weighted by Crippen LogP contribution is 2.30. The maximum atomic E-state index is 13.1. The van der Waals surface area contributed by atoms with E-state index in [4.69, 9.17) is 16.6 Å². The Morgan fingerprint density at radius 3 is 2.57 bits per heavy atom. The first-order valence-electron chi connectivity index (χ1n) is 9.62. The van der Waals surface area contributed by atoms with Gasteiger partial charge in [0.2, 0.25) is 5.91 Å². The van der Waals surface area contributed by atoms with Gasteiger partial charge in [-0.2, -0.15) is 0 Å². The summed E-state index contributed by atoms with van der Waals surface area (Å²) in [5.74, 6) is 0.957. The van der Waals surface area contributed by atoms with Gasteiger partial charge in [-0.05, 0) is 66.3 Å². The van der Waals surface area contributed by atoms with Crippen molar-refractivity contribution in [3.63, 3.8) is 0 Å². The Morgan fingerprint density at radius 1 is 1.03 bits per heavy atom. The summed E-state index contributed by atoms with van der Waals surface area (Å²) < 4.78 is 1.08. The molecule has 4 rings (SSSR count). The Morgan fingerprint density at radius 2 is 1.80 bits per heavy atom. The van der Waals surface area contributed by atoms with Gasteiger partial charge in [0.05, 0.1) is 16.8 Å². The van der Waals surface area contributed by atoms with E-state index in [1.165, 1.54) is 0 Å². The maximum Gasteiger partial charge on any atom is 0.229 e. The van der Waals surface area contributed by atoms with Crippen LogP contribution in [0.15, 0.2) is 78.0 Å². The third-order valence-corrected chi connectivity index (χ3v) is 6.93. The molecule has 2 aromatic heterocycles. The van der Waals surface area contributed by atoms with E-state index in [1.54, 1.807) is 40.4 Å². The minimum absolute atomic E-state index is 0.0857. The van der Waals surface area contributed by atoms with Crippen molar-refractivity contribution in [2.75, 3.05) is 10.7 Å². The third-order valence-electron chi connectivity index (χ3n) is 4.52. The highest BCUT2D eigenvalue weighted by atomic mass is 35.5. The van der Waals surface area contributed by atoms with Crippen LogP contribution in [-0.2, 0) is 11.3 Å². The van der Waals surface area contributed by atoms with Crippen molar-refractivity contribution in [2.24, 2.45) is 0 Å². The molecule has 0 atom stereocenters. The van der Waals surface area contributed by atoms with Crippen LogP contribution in [0.1, 0.15) is 18.4 Å². The highest BCUT2D eigenvalue weighted by Gasteiger charge is 2.20. The molecule has 4 aromatic rings. The van der Waals surface area contributed by atoms with Crippen molar-refractivity contribution in [1.82, 2.24) is 9.97 Å². The van der Waals surface area contributed by atoms with Gasteiger partial charge in [0.1, 0.15) is 0 Å². The average Bonchev–Trinajstić information content (AvgIpc) is 3.21. The molecular formula is C23H20ClN3OS2. The van der Waals surface area contributed by atoms with Crippen LogP contribution >= 0.6 is 34.7 Å². The Balaban J connectivity index is 1.44. The summed E-state index contributed by atoms with van der Waals surface area (Å²) in [6.07, 6.45) is 4.77. The van der Waals surface area contributed by atoms with E-state index < -0.39 is 0 Å². The zero-order valence-electron chi connectivity index (χ0n) is 16.2. The van der Waals surface area contributed by atoms with Crippen LogP contribution in [0.2, 0.25) is 5.02 Å². The van der Waals surface area contributed by atoms with Crippen LogP contribution in [0.4, 0.5) is 5.13 Å². The zero-order chi connectivity index (χ0) is 20.8. The molecule has 0 fully saturated rings. The van der Waals surface area contributed by atoms with Gasteiger partial charge in [-0.3, -0.25) is 14.7 Å². The molecule has 0 unspecified atom stereocenters. The first-order valence-corrected chi connectivity index (χ1v) is 11.8. The lowest BCUT2D eigenvalue weighted by Gasteiger charge is -2.20. The first kappa shape index (κ1) is 20.8. The number of hydrogen-bond acceptors (Lipinski definition) is 5. The number of amides is 1. The molecule has 0 N–H and O–H groups in total. The quantitative estimate of drug-likeness (QED) is 0.227. The minimum Gasteiger partial charge on any atom is -0.284 e. The van der Waals surface area contributed by atoms with Crippen molar-refractivity contribution in [3.05, 3.63) is 83.6 Å². The Hall–Kier alpha value is -2.41. The molecule has 0 aliphatic carbocycles. The van der Waals surface area contributed by atoms with E-state index in [0.717, 1.165) is 43.0 Å². The minimum atomic E-state index is 0.0857. The van der Waals surface area contributed by atoms with Gasteiger partial charge in [-0.25, -0.2) is 4.98 Å². The van der Waals surface area contributed by atoms with Gasteiger partial charge in [-0.15, -0.1) is 11.8 Å². The van der Waals surface area contributed by atoms with Crippen LogP contribution in [0.25, 0.3) is 10.2 Å². The van der Waals surface area contributed by atoms with E-state index in [2.05, 4.69) is 4.98 Å². The summed E-state index contributed by atoms with van der Waals surface area (Å²) in [4.78, 5) is 24.9. The number of fused-ring (bicyclic) bond motifs is 1. The molecule has 0 aliphatic rings. The fourth-order valence-electron chi connectivity index (χ4n) is 2.99. The molecule has 1 amide bonds. The number of anilines is 1. The number of thioether (sulfide) groups is 1. The Bertz CT molecular complexity index is 1080. The summed E-state index contributed by atoms with van der Waals surface area (Å²) in [6, 6.07) is 19.6. The summed E-state index contributed by atoms with van der Waals surface area (Å²) in [6.45, 7) is 0.492. The number of benzene rings is 2. The fourth-order valence-corrected chi connectivity index (χ4v) is 4.95. The van der Waals surface area contributed by atoms with Gasteiger partial charge in [-0.1, -0.05) is 35.1 Å². The summed E-state index contributed by atoms with van der Waals surface area (Å²) in [7, 11) is 0. The van der Waals surface area contributed by atoms with Gasteiger partial charge in [0, 0.05) is 28.7 Å². The second-order valence-electron chi connectivity index (χ2n) is 6.71. The molecule has 152 valence electrons. The summed E-state index contributed by atoms with van der Waals surface area (Å²) in [5, 5.41) is 1.47. The molecule has 0 aliphatic heterocycles. The van der Waals surface area contributed by atoms with E-state index in [-0.39, 0.29) is 5.91 Å². The molecule has 0 spiro atoms. The largest absolute Gasteiger partial charge is 0.284 e. The average molecular weight is 454 g/mol. The molecule has 30 heavy (non-hydrogen) atoms. The van der Waals surface area contributed by atoms with Crippen LogP contribution in [0.3, 0.4) is 0 Å². The number of carbonyl (C=O) groups is 1. The monoisotopic (exact) mass is 453 g/mol. The van der Waals surface area contributed by atoms with Gasteiger partial charge < -0.3 is 0 Å². The second kappa shape index (κ2) is 10.1. The molecular weight excluding hydrogens is 434 g/mol. The van der Waals surface area contributed by atoms with Crippen molar-refractivity contribution in [1.29, 1.82) is 0 Å². The van der Waals surface area contributed by atoms with Crippen molar-refractivity contribution in [2.45, 2.75) is 24.3 Å². The van der Waals surface area contributed by atoms with Gasteiger partial charge >= 0.3 is 0 Å². The second-order valence-corrected chi connectivity index (χ2v) is 9.32. The smallest absolute Gasteiger partial charge is 0.229 e. The SMILES string of the molecule is O=C(CCCSc1ccc(Cl)cc1)N(Cc1ccncc1)c1nc2ccccc2s1. The number of halogens is 1. The van der Waals surface area contributed by atoms with Crippen LogP contribution in [-0.4, -0.2) is 21.6 Å². The lowest BCUT2D eigenvalue weighted by atomic mass is 10.2. The number of carbonyl (C=O) groups excluding carboxylic acids is 1. The number of thiazole rings is 1. The standard InChI is InChI=1S/C23H20ClN3OS2/c24-18-7-9-19(10-8-18)29-15-3-6-22(28)27(16-17-11-13-25-14-12-17)23-26-20-4-1-2-5-21(20)30-23/h1-2,4-5,7-14H,3,6,15-16H2. The summed E-state index contributed by atoms with van der Waals surface area (Å²) >= 11 is 9.22. The Labute approximate surface area is 188 Å². The molecule has 2 aromatic carbocycles. The molecule has 0 saturated carbocycles. The molecule has 2 heterocycles. The number of aromatic nitrogens is 2. The number of pyridine rings is 1. The number of rotatable bonds is 8. The highest BCUT2D eigenvalue weighted by molar-refractivity contribution is 7.99. The van der Waals surface area contributed by atoms with Crippen LogP contribution in [0.5, 0.6) is 0 Å². The van der Waals surface area contributed by atoms with Crippen LogP contribution in [0, 0.1) is 0 Å². The van der Waals surface area contributed by atoms with E-state index in [1.807, 2.05) is 60.7 Å². The predicted molar refractivity (Wildman–Crippen MR) is 126 cm³/mol. The van der Waals surface area contributed by atoms with Crippen molar-refractivity contribution in [3.8, 4) is 0 Å².